The maximum absolute atomic E-state index is 9.46. The van der Waals surface area contributed by atoms with Crippen LogP contribution in [0.2, 0.25) is 0 Å². The van der Waals surface area contributed by atoms with E-state index in [1.165, 1.54) is 19.3 Å². The summed E-state index contributed by atoms with van der Waals surface area (Å²) >= 11 is 0. The molecule has 0 spiro atoms. The van der Waals surface area contributed by atoms with E-state index in [1.54, 1.807) is 0 Å². The molecule has 0 N–H and O–H groups in total. The van der Waals surface area contributed by atoms with Crippen LogP contribution in [0, 0.1) is 5.92 Å². The molecule has 0 heterocycles. The topological polar surface area (TPSA) is 26.3 Å². The Morgan fingerprint density at radius 1 is 1.62 bits per heavy atom. The van der Waals surface area contributed by atoms with Crippen molar-refractivity contribution >= 4 is 6.47 Å². The van der Waals surface area contributed by atoms with Crippen LogP contribution in [0.15, 0.2) is 0 Å². The fourth-order valence-corrected chi connectivity index (χ4v) is 0.674. The lowest BCUT2D eigenvalue weighted by atomic mass is 10.3. The zero-order valence-electron chi connectivity index (χ0n) is 4.72. The minimum Gasteiger partial charge on any atom is -0.457 e. The Morgan fingerprint density at radius 3 is 2.88 bits per heavy atom. The molecule has 1 fully saturated rings. The Hall–Kier alpha value is -0.530. The van der Waals surface area contributed by atoms with E-state index in [1.807, 2.05) is 0 Å². The van der Waals surface area contributed by atoms with Crippen molar-refractivity contribution in [3.05, 3.63) is 0 Å². The predicted molar refractivity (Wildman–Crippen MR) is 29.0 cm³/mol. The lowest BCUT2D eigenvalue weighted by Gasteiger charge is -1.91. The van der Waals surface area contributed by atoms with Gasteiger partial charge in [-0.15, -0.1) is 0 Å². The highest BCUT2D eigenvalue weighted by molar-refractivity contribution is 5.38. The predicted octanol–water partition coefficient (Wildman–Crippen LogP) is 0.870. The highest BCUT2D eigenvalue weighted by Gasteiger charge is 2.20. The van der Waals surface area contributed by atoms with Gasteiger partial charge in [0.1, 0.15) is 0 Å². The molecular weight excluding hydrogens is 104 g/mol. The molecule has 0 amide bonds. The molecule has 0 aliphatic heterocycles. The molecule has 0 aromatic heterocycles. The summed E-state index contributed by atoms with van der Waals surface area (Å²) in [4.78, 5) is 9.46. The summed E-state index contributed by atoms with van der Waals surface area (Å²) in [6, 6.07) is 0. The molecule has 1 saturated carbocycles. The zero-order chi connectivity index (χ0) is 5.82. The molecule has 2 heteroatoms. The molecule has 0 aromatic rings. The largest absolute Gasteiger partial charge is 0.457 e. The molecular formula is C6H9O2. The monoisotopic (exact) mass is 113 g/mol. The van der Waals surface area contributed by atoms with Gasteiger partial charge in [0.2, 0.25) is 0 Å². The van der Waals surface area contributed by atoms with Gasteiger partial charge >= 0.3 is 6.47 Å². The Kier molecular flexibility index (Phi) is 1.89. The second kappa shape index (κ2) is 2.70. The van der Waals surface area contributed by atoms with Gasteiger partial charge in [0, 0.05) is 0 Å². The quantitative estimate of drug-likeness (QED) is 0.505. The minimum absolute atomic E-state index is 0.564. The summed E-state index contributed by atoms with van der Waals surface area (Å²) < 4.78 is 4.38. The first-order chi connectivity index (χ1) is 3.93. The van der Waals surface area contributed by atoms with E-state index in [0.29, 0.717) is 6.61 Å². The first-order valence-corrected chi connectivity index (χ1v) is 2.92. The minimum atomic E-state index is 0.564. The van der Waals surface area contributed by atoms with Crippen molar-refractivity contribution in [1.29, 1.82) is 0 Å². The van der Waals surface area contributed by atoms with Crippen LogP contribution in [-0.4, -0.2) is 13.1 Å². The average Bonchev–Trinajstić information content (AvgIpc) is 2.51. The molecule has 1 rings (SSSR count). The molecule has 0 unspecified atom stereocenters. The number of ether oxygens (including phenoxy) is 1. The molecule has 0 saturated heterocycles. The first-order valence-electron chi connectivity index (χ1n) is 2.92. The van der Waals surface area contributed by atoms with Crippen LogP contribution in [-0.2, 0) is 9.53 Å². The van der Waals surface area contributed by atoms with Crippen LogP contribution in [0.4, 0.5) is 0 Å². The van der Waals surface area contributed by atoms with Gasteiger partial charge < -0.3 is 4.74 Å². The van der Waals surface area contributed by atoms with Crippen LogP contribution in [0.3, 0.4) is 0 Å². The summed E-state index contributed by atoms with van der Waals surface area (Å²) in [6.45, 7) is 1.96. The zero-order valence-corrected chi connectivity index (χ0v) is 4.72. The third kappa shape index (κ3) is 1.96. The summed E-state index contributed by atoms with van der Waals surface area (Å²) in [5.41, 5.74) is 0. The number of hydrogen-bond donors (Lipinski definition) is 0. The Morgan fingerprint density at radius 2 is 2.38 bits per heavy atom. The van der Waals surface area contributed by atoms with Crippen molar-refractivity contribution in [2.24, 2.45) is 5.92 Å². The van der Waals surface area contributed by atoms with Crippen molar-refractivity contribution in [2.45, 2.75) is 19.3 Å². The molecule has 1 radical (unpaired) electrons. The van der Waals surface area contributed by atoms with Crippen LogP contribution in [0.25, 0.3) is 0 Å². The van der Waals surface area contributed by atoms with Crippen molar-refractivity contribution in [1.82, 2.24) is 0 Å². The Balaban J connectivity index is 1.80. The van der Waals surface area contributed by atoms with E-state index < -0.39 is 0 Å². The van der Waals surface area contributed by atoms with E-state index in [4.69, 9.17) is 0 Å². The second-order valence-electron chi connectivity index (χ2n) is 2.16. The summed E-state index contributed by atoms with van der Waals surface area (Å²) in [5.74, 6) is 0.850. The SMILES string of the molecule is O=[C]OCCC1CC1. The average molecular weight is 113 g/mol. The van der Waals surface area contributed by atoms with Crippen LogP contribution in [0.1, 0.15) is 19.3 Å². The Bertz CT molecular complexity index is 76.6. The molecule has 0 bridgehead atoms. The highest BCUT2D eigenvalue weighted by atomic mass is 16.5. The third-order valence-electron chi connectivity index (χ3n) is 1.38. The van der Waals surface area contributed by atoms with Crippen molar-refractivity contribution < 1.29 is 9.53 Å². The smallest absolute Gasteiger partial charge is 0.417 e. The van der Waals surface area contributed by atoms with Crippen LogP contribution < -0.4 is 0 Å². The molecule has 45 valence electrons. The fourth-order valence-electron chi connectivity index (χ4n) is 0.674. The second-order valence-corrected chi connectivity index (χ2v) is 2.16. The van der Waals surface area contributed by atoms with Crippen molar-refractivity contribution in [3.63, 3.8) is 0 Å². The van der Waals surface area contributed by atoms with E-state index in [9.17, 15) is 4.79 Å². The molecule has 2 nitrogen and oxygen atoms in total. The van der Waals surface area contributed by atoms with Gasteiger partial charge in [-0.1, -0.05) is 12.8 Å². The van der Waals surface area contributed by atoms with Gasteiger partial charge in [0.25, 0.3) is 0 Å². The van der Waals surface area contributed by atoms with Gasteiger partial charge in [0.05, 0.1) is 6.61 Å². The van der Waals surface area contributed by atoms with E-state index in [2.05, 4.69) is 4.74 Å². The van der Waals surface area contributed by atoms with Crippen molar-refractivity contribution in [2.75, 3.05) is 6.61 Å². The van der Waals surface area contributed by atoms with Gasteiger partial charge in [-0.3, -0.25) is 0 Å². The number of rotatable bonds is 4. The van der Waals surface area contributed by atoms with Gasteiger partial charge in [-0.25, -0.2) is 4.79 Å². The van der Waals surface area contributed by atoms with Gasteiger partial charge in [0.15, 0.2) is 0 Å². The van der Waals surface area contributed by atoms with Crippen LogP contribution in [0.5, 0.6) is 0 Å². The number of carbonyl (C=O) groups excluding carboxylic acids is 1. The Labute approximate surface area is 48.8 Å². The summed E-state index contributed by atoms with van der Waals surface area (Å²) in [6.07, 6.45) is 3.68. The van der Waals surface area contributed by atoms with Gasteiger partial charge in [-0.05, 0) is 12.3 Å². The summed E-state index contributed by atoms with van der Waals surface area (Å²) in [7, 11) is 0. The number of hydrogen-bond acceptors (Lipinski definition) is 2. The third-order valence-corrected chi connectivity index (χ3v) is 1.38. The molecule has 0 atom stereocenters. The van der Waals surface area contributed by atoms with E-state index in [0.717, 1.165) is 12.3 Å². The molecule has 1 aliphatic rings. The fraction of sp³-hybridized carbons (Fsp3) is 0.833. The van der Waals surface area contributed by atoms with Crippen molar-refractivity contribution in [3.8, 4) is 0 Å². The summed E-state index contributed by atoms with van der Waals surface area (Å²) in [5, 5.41) is 0. The standard InChI is InChI=1S/C6H9O2/c7-5-8-4-3-6-1-2-6/h6H,1-4H2. The normalized spacial score (nSPS) is 18.0. The van der Waals surface area contributed by atoms with Gasteiger partial charge in [-0.2, -0.15) is 0 Å². The molecule has 1 aliphatic carbocycles. The van der Waals surface area contributed by atoms with E-state index >= 15 is 0 Å². The maximum Gasteiger partial charge on any atom is 0.417 e. The first kappa shape index (κ1) is 5.60. The lowest BCUT2D eigenvalue weighted by Crippen LogP contribution is -1.91. The molecule has 8 heavy (non-hydrogen) atoms. The highest BCUT2D eigenvalue weighted by Crippen LogP contribution is 2.31. The molecule has 0 aromatic carbocycles. The lowest BCUT2D eigenvalue weighted by molar-refractivity contribution is 0.267. The van der Waals surface area contributed by atoms with Crippen LogP contribution >= 0.6 is 0 Å². The van der Waals surface area contributed by atoms with E-state index in [-0.39, 0.29) is 0 Å². The maximum atomic E-state index is 9.46.